The van der Waals surface area contributed by atoms with Gasteiger partial charge in [0.15, 0.2) is 0 Å². The van der Waals surface area contributed by atoms with Crippen molar-refractivity contribution in [3.63, 3.8) is 0 Å². The van der Waals surface area contributed by atoms with E-state index in [4.69, 9.17) is 37.4 Å². The lowest BCUT2D eigenvalue weighted by atomic mass is 10.0. The molecule has 1 aliphatic rings. The molecule has 0 radical (unpaired) electrons. The van der Waals surface area contributed by atoms with E-state index in [1.807, 2.05) is 78.9 Å². The minimum absolute atomic E-state index is 0.00647. The van der Waals surface area contributed by atoms with Crippen LogP contribution in [-0.4, -0.2) is 18.1 Å². The van der Waals surface area contributed by atoms with Gasteiger partial charge >= 0.3 is 0 Å². The van der Waals surface area contributed by atoms with E-state index in [-0.39, 0.29) is 11.3 Å². The molecule has 3 nitrogen and oxygen atoms in total. The van der Waals surface area contributed by atoms with Crippen molar-refractivity contribution in [2.45, 2.75) is 23.8 Å². The molecular formula is C25H24Cl2O3. The van der Waals surface area contributed by atoms with Gasteiger partial charge in [-0.2, -0.15) is 0 Å². The van der Waals surface area contributed by atoms with Crippen molar-refractivity contribution >= 4 is 23.2 Å². The van der Waals surface area contributed by atoms with Gasteiger partial charge in [-0.25, -0.2) is 0 Å². The summed E-state index contributed by atoms with van der Waals surface area (Å²) in [5.74, 6) is 2.40. The lowest BCUT2D eigenvalue weighted by molar-refractivity contribution is 0.0811. The van der Waals surface area contributed by atoms with Gasteiger partial charge in [-0.05, 0) is 47.5 Å². The summed E-state index contributed by atoms with van der Waals surface area (Å²) < 4.78 is 16.3. The third kappa shape index (κ3) is 4.15. The standard InChI is InChI=1S/C25H24Cl2O3/c1-24(23(25(24,26)27)19-11-13-20(28-2)14-12-19)17-29-16-18-7-6-10-22(15-18)30-21-8-4-3-5-9-21/h3-15,23H,16-17H2,1-2H3/t23-,24-/m0/s1. The molecule has 0 aromatic heterocycles. The van der Waals surface area contributed by atoms with Crippen molar-refractivity contribution in [2.24, 2.45) is 5.41 Å². The van der Waals surface area contributed by atoms with Gasteiger partial charge < -0.3 is 14.2 Å². The van der Waals surface area contributed by atoms with Gasteiger partial charge in [0.05, 0.1) is 20.3 Å². The molecule has 5 heteroatoms. The number of hydrogen-bond acceptors (Lipinski definition) is 3. The predicted octanol–water partition coefficient (Wildman–Crippen LogP) is 6.98. The van der Waals surface area contributed by atoms with Crippen molar-refractivity contribution < 1.29 is 14.2 Å². The third-order valence-corrected chi connectivity index (χ3v) is 6.97. The molecule has 2 atom stereocenters. The molecule has 30 heavy (non-hydrogen) atoms. The molecule has 1 aliphatic carbocycles. The SMILES string of the molecule is COc1ccc([C@@H]2C(Cl)(Cl)[C@@]2(C)COCc2cccc(Oc3ccccc3)c2)cc1. The fourth-order valence-electron chi connectivity index (χ4n) is 3.84. The summed E-state index contributed by atoms with van der Waals surface area (Å²) in [6.07, 6.45) is 0. The highest BCUT2D eigenvalue weighted by Gasteiger charge is 2.73. The number of halogens is 2. The van der Waals surface area contributed by atoms with Crippen LogP contribution in [0.25, 0.3) is 0 Å². The quantitative estimate of drug-likeness (QED) is 0.352. The highest BCUT2D eigenvalue weighted by Crippen LogP contribution is 2.74. The fourth-order valence-corrected chi connectivity index (χ4v) is 4.79. The van der Waals surface area contributed by atoms with Crippen molar-refractivity contribution in [2.75, 3.05) is 13.7 Å². The average molecular weight is 443 g/mol. The average Bonchev–Trinajstić information content (AvgIpc) is 3.20. The minimum atomic E-state index is -0.861. The number of hydrogen-bond donors (Lipinski definition) is 0. The van der Waals surface area contributed by atoms with Crippen LogP contribution in [0.15, 0.2) is 78.9 Å². The van der Waals surface area contributed by atoms with E-state index in [9.17, 15) is 0 Å². The summed E-state index contributed by atoms with van der Waals surface area (Å²) in [5, 5.41) is 0. The molecule has 1 saturated carbocycles. The second kappa shape index (κ2) is 8.50. The molecule has 3 aromatic rings. The summed E-state index contributed by atoms with van der Waals surface area (Å²) in [5.41, 5.74) is 1.76. The maximum atomic E-state index is 6.65. The topological polar surface area (TPSA) is 27.7 Å². The molecule has 3 aromatic carbocycles. The number of rotatable bonds is 8. The summed E-state index contributed by atoms with van der Waals surface area (Å²) in [7, 11) is 1.65. The molecule has 1 fully saturated rings. The van der Waals surface area contributed by atoms with Crippen molar-refractivity contribution in [1.82, 2.24) is 0 Å². The van der Waals surface area contributed by atoms with Gasteiger partial charge in [0, 0.05) is 11.3 Å². The van der Waals surface area contributed by atoms with E-state index in [1.165, 1.54) is 0 Å². The number of ether oxygens (including phenoxy) is 3. The molecule has 0 N–H and O–H groups in total. The summed E-state index contributed by atoms with van der Waals surface area (Å²) in [6.45, 7) is 2.98. The first-order chi connectivity index (χ1) is 14.4. The monoisotopic (exact) mass is 442 g/mol. The highest BCUT2D eigenvalue weighted by atomic mass is 35.5. The van der Waals surface area contributed by atoms with Gasteiger partial charge in [-0.3, -0.25) is 0 Å². The van der Waals surface area contributed by atoms with Crippen LogP contribution in [0.2, 0.25) is 0 Å². The summed E-state index contributed by atoms with van der Waals surface area (Å²) in [6, 6.07) is 25.5. The van der Waals surface area contributed by atoms with Crippen LogP contribution in [0.1, 0.15) is 24.0 Å². The fraction of sp³-hybridized carbons (Fsp3) is 0.280. The third-order valence-electron chi connectivity index (χ3n) is 5.67. The summed E-state index contributed by atoms with van der Waals surface area (Å²) in [4.78, 5) is 0. The zero-order valence-electron chi connectivity index (χ0n) is 17.0. The van der Waals surface area contributed by atoms with Gasteiger partial charge in [0.1, 0.15) is 21.6 Å². The first-order valence-corrected chi connectivity index (χ1v) is 10.6. The Morgan fingerprint density at radius 1 is 0.833 bits per heavy atom. The van der Waals surface area contributed by atoms with Gasteiger partial charge in [0.2, 0.25) is 0 Å². The smallest absolute Gasteiger partial charge is 0.134 e. The van der Waals surface area contributed by atoms with E-state index < -0.39 is 4.33 Å². The Bertz CT molecular complexity index is 989. The van der Waals surface area contributed by atoms with Gasteiger partial charge in [-0.15, -0.1) is 23.2 Å². The van der Waals surface area contributed by atoms with Crippen LogP contribution in [0.5, 0.6) is 17.2 Å². The van der Waals surface area contributed by atoms with Gasteiger partial charge in [0.25, 0.3) is 0 Å². The van der Waals surface area contributed by atoms with Crippen LogP contribution in [0.3, 0.4) is 0 Å². The maximum Gasteiger partial charge on any atom is 0.134 e. The van der Waals surface area contributed by atoms with Crippen LogP contribution in [-0.2, 0) is 11.3 Å². The molecule has 4 rings (SSSR count). The number of methoxy groups -OCH3 is 1. The Labute approximate surface area is 187 Å². The normalized spacial score (nSPS) is 21.8. The van der Waals surface area contributed by atoms with Crippen molar-refractivity contribution in [1.29, 1.82) is 0 Å². The molecule has 0 saturated heterocycles. The zero-order valence-corrected chi connectivity index (χ0v) is 18.5. The van der Waals surface area contributed by atoms with Crippen molar-refractivity contribution in [3.8, 4) is 17.2 Å². The highest BCUT2D eigenvalue weighted by molar-refractivity contribution is 6.52. The van der Waals surface area contributed by atoms with Crippen LogP contribution in [0.4, 0.5) is 0 Å². The molecule has 0 bridgehead atoms. The van der Waals surface area contributed by atoms with Crippen LogP contribution >= 0.6 is 23.2 Å². The molecule has 156 valence electrons. The van der Waals surface area contributed by atoms with E-state index in [1.54, 1.807) is 7.11 Å². The first kappa shape index (κ1) is 21.0. The molecule has 0 heterocycles. The largest absolute Gasteiger partial charge is 0.497 e. The Hall–Kier alpha value is -2.20. The molecule has 0 amide bonds. The zero-order chi connectivity index (χ0) is 21.2. The minimum Gasteiger partial charge on any atom is -0.497 e. The van der Waals surface area contributed by atoms with Crippen LogP contribution < -0.4 is 9.47 Å². The lowest BCUT2D eigenvalue weighted by Gasteiger charge is -2.14. The van der Waals surface area contributed by atoms with E-state index in [0.29, 0.717) is 13.2 Å². The van der Waals surface area contributed by atoms with E-state index in [2.05, 4.69) is 6.92 Å². The maximum absolute atomic E-state index is 6.65. The molecule has 0 aliphatic heterocycles. The number of para-hydroxylation sites is 1. The Balaban J connectivity index is 1.37. The molecular weight excluding hydrogens is 419 g/mol. The predicted molar refractivity (Wildman–Crippen MR) is 121 cm³/mol. The second-order valence-electron chi connectivity index (χ2n) is 7.80. The first-order valence-electron chi connectivity index (χ1n) is 9.85. The lowest BCUT2D eigenvalue weighted by Crippen LogP contribution is -2.13. The number of alkyl halides is 2. The number of benzene rings is 3. The van der Waals surface area contributed by atoms with Gasteiger partial charge in [-0.1, -0.05) is 49.4 Å². The second-order valence-corrected chi connectivity index (χ2v) is 9.19. The van der Waals surface area contributed by atoms with E-state index in [0.717, 1.165) is 28.4 Å². The van der Waals surface area contributed by atoms with Crippen LogP contribution in [0, 0.1) is 5.41 Å². The molecule has 0 unspecified atom stereocenters. The van der Waals surface area contributed by atoms with Crippen molar-refractivity contribution in [3.05, 3.63) is 90.0 Å². The summed E-state index contributed by atoms with van der Waals surface area (Å²) >= 11 is 13.3. The Kier molecular flexibility index (Phi) is 5.97. The molecule has 0 spiro atoms. The Morgan fingerprint density at radius 3 is 2.23 bits per heavy atom. The Morgan fingerprint density at radius 2 is 1.53 bits per heavy atom. The van der Waals surface area contributed by atoms with E-state index >= 15 is 0 Å².